The highest BCUT2D eigenvalue weighted by atomic mass is 32.2. The number of benzene rings is 1. The van der Waals surface area contributed by atoms with E-state index in [1.54, 1.807) is 13.2 Å². The third-order valence-electron chi connectivity index (χ3n) is 4.92. The number of furan rings is 1. The van der Waals surface area contributed by atoms with Crippen LogP contribution in [0.4, 0.5) is 0 Å². The molecule has 1 aliphatic heterocycles. The number of carbonyl (C=O) groups excluding carboxylic acids is 1. The van der Waals surface area contributed by atoms with Gasteiger partial charge in [0.1, 0.15) is 5.76 Å². The molecule has 1 saturated heterocycles. The minimum absolute atomic E-state index is 0.0246. The number of sulfone groups is 1. The summed E-state index contributed by atoms with van der Waals surface area (Å²) in [4.78, 5) is 12.5. The summed E-state index contributed by atoms with van der Waals surface area (Å²) in [6.07, 6.45) is 2.04. The number of aromatic nitrogens is 3. The molecule has 10 heteroatoms. The molecule has 0 unspecified atom stereocenters. The van der Waals surface area contributed by atoms with E-state index in [0.717, 1.165) is 11.3 Å². The first-order valence-corrected chi connectivity index (χ1v) is 12.3. The second-order valence-electron chi connectivity index (χ2n) is 7.58. The molecule has 1 atom stereocenters. The number of nitrogens with one attached hydrogen (secondary N) is 1. The lowest BCUT2D eigenvalue weighted by Crippen LogP contribution is -2.47. The van der Waals surface area contributed by atoms with E-state index in [1.807, 2.05) is 47.0 Å². The van der Waals surface area contributed by atoms with E-state index in [1.165, 1.54) is 11.8 Å². The van der Waals surface area contributed by atoms with E-state index in [9.17, 15) is 13.2 Å². The minimum Gasteiger partial charge on any atom is -0.467 e. The molecule has 3 aromatic rings. The van der Waals surface area contributed by atoms with Gasteiger partial charge in [-0.05, 0) is 25.5 Å². The summed E-state index contributed by atoms with van der Waals surface area (Å²) in [6, 6.07) is 13.4. The van der Waals surface area contributed by atoms with Gasteiger partial charge in [-0.25, -0.2) is 8.42 Å². The molecule has 3 heterocycles. The molecule has 1 N–H and O–H groups in total. The Morgan fingerprint density at radius 1 is 1.23 bits per heavy atom. The van der Waals surface area contributed by atoms with Crippen molar-refractivity contribution < 1.29 is 17.6 Å². The molecule has 1 amide bonds. The molecule has 1 aliphatic rings. The van der Waals surface area contributed by atoms with Crippen LogP contribution in [0, 0.1) is 0 Å². The molecule has 30 heavy (non-hydrogen) atoms. The number of rotatable bonds is 7. The maximum atomic E-state index is 12.5. The first-order chi connectivity index (χ1) is 14.3. The monoisotopic (exact) mass is 446 g/mol. The fourth-order valence-corrected chi connectivity index (χ4v) is 6.34. The molecule has 2 aromatic heterocycles. The van der Waals surface area contributed by atoms with E-state index in [0.29, 0.717) is 23.9 Å². The Hall–Kier alpha value is -2.59. The van der Waals surface area contributed by atoms with Gasteiger partial charge in [-0.3, -0.25) is 9.36 Å². The van der Waals surface area contributed by atoms with E-state index >= 15 is 0 Å². The van der Waals surface area contributed by atoms with Crippen LogP contribution in [0.25, 0.3) is 11.4 Å². The number of hydrogen-bond acceptors (Lipinski definition) is 7. The number of hydrogen-bond donors (Lipinski definition) is 1. The summed E-state index contributed by atoms with van der Waals surface area (Å²) in [7, 11) is -3.09. The minimum atomic E-state index is -3.09. The van der Waals surface area contributed by atoms with Gasteiger partial charge >= 0.3 is 0 Å². The zero-order chi connectivity index (χ0) is 21.2. The summed E-state index contributed by atoms with van der Waals surface area (Å²) < 4.78 is 30.9. The topological polar surface area (TPSA) is 107 Å². The number of thioether (sulfide) groups is 1. The molecule has 8 nitrogen and oxygen atoms in total. The predicted molar refractivity (Wildman–Crippen MR) is 114 cm³/mol. The predicted octanol–water partition coefficient (Wildman–Crippen LogP) is 2.37. The molecule has 1 aromatic carbocycles. The van der Waals surface area contributed by atoms with Crippen molar-refractivity contribution in [3.63, 3.8) is 0 Å². The SMILES string of the molecule is C[C@@]1(NC(=O)CSc2nnc(-c3ccccc3)n2Cc2ccco2)CCS(=O)(=O)C1. The third kappa shape index (κ3) is 4.76. The lowest BCUT2D eigenvalue weighted by molar-refractivity contribution is -0.120. The zero-order valence-electron chi connectivity index (χ0n) is 16.4. The first kappa shape index (κ1) is 20.7. The zero-order valence-corrected chi connectivity index (χ0v) is 18.1. The largest absolute Gasteiger partial charge is 0.467 e. The van der Waals surface area contributed by atoms with Crippen LogP contribution < -0.4 is 5.32 Å². The van der Waals surface area contributed by atoms with Gasteiger partial charge in [-0.2, -0.15) is 0 Å². The van der Waals surface area contributed by atoms with Gasteiger partial charge in [-0.15, -0.1) is 10.2 Å². The summed E-state index contributed by atoms with van der Waals surface area (Å²) in [5.41, 5.74) is 0.199. The normalized spacial score (nSPS) is 20.3. The van der Waals surface area contributed by atoms with Crippen LogP contribution in [-0.4, -0.2) is 51.9 Å². The quantitative estimate of drug-likeness (QED) is 0.555. The van der Waals surface area contributed by atoms with Gasteiger partial charge in [0.25, 0.3) is 0 Å². The maximum absolute atomic E-state index is 12.5. The van der Waals surface area contributed by atoms with Crippen molar-refractivity contribution in [3.05, 3.63) is 54.5 Å². The van der Waals surface area contributed by atoms with Crippen LogP contribution in [0.1, 0.15) is 19.1 Å². The Morgan fingerprint density at radius 2 is 2.03 bits per heavy atom. The molecular weight excluding hydrogens is 424 g/mol. The highest BCUT2D eigenvalue weighted by molar-refractivity contribution is 7.99. The summed E-state index contributed by atoms with van der Waals surface area (Å²) >= 11 is 1.26. The first-order valence-electron chi connectivity index (χ1n) is 9.49. The van der Waals surface area contributed by atoms with Gasteiger partial charge in [0, 0.05) is 5.56 Å². The summed E-state index contributed by atoms with van der Waals surface area (Å²) in [5.74, 6) is 1.40. The Balaban J connectivity index is 1.50. The Morgan fingerprint density at radius 3 is 2.70 bits per heavy atom. The molecule has 4 rings (SSSR count). The van der Waals surface area contributed by atoms with Crippen LogP contribution in [0.2, 0.25) is 0 Å². The van der Waals surface area contributed by atoms with Crippen LogP contribution >= 0.6 is 11.8 Å². The lowest BCUT2D eigenvalue weighted by Gasteiger charge is -2.23. The van der Waals surface area contributed by atoms with Crippen molar-refractivity contribution in [2.75, 3.05) is 17.3 Å². The van der Waals surface area contributed by atoms with Crippen LogP contribution in [0.3, 0.4) is 0 Å². The fourth-order valence-electron chi connectivity index (χ4n) is 3.51. The van der Waals surface area contributed by atoms with Crippen molar-refractivity contribution in [1.29, 1.82) is 0 Å². The van der Waals surface area contributed by atoms with Gasteiger partial charge in [0.15, 0.2) is 20.8 Å². The molecular formula is C20H22N4O4S2. The van der Waals surface area contributed by atoms with E-state index in [2.05, 4.69) is 15.5 Å². The van der Waals surface area contributed by atoms with Gasteiger partial charge in [0.2, 0.25) is 5.91 Å². The standard InChI is InChI=1S/C20H22N4O4S2/c1-20(9-11-30(26,27)14-20)21-17(25)13-29-19-23-22-18(15-6-3-2-4-7-15)24(19)12-16-8-5-10-28-16/h2-8,10H,9,11-14H2,1H3,(H,21,25)/t20-/m1/s1. The Bertz CT molecular complexity index is 1130. The molecule has 0 radical (unpaired) electrons. The molecule has 0 spiro atoms. The second-order valence-corrected chi connectivity index (χ2v) is 10.7. The van der Waals surface area contributed by atoms with E-state index in [4.69, 9.17) is 4.42 Å². The molecule has 0 bridgehead atoms. The van der Waals surface area contributed by atoms with Gasteiger partial charge < -0.3 is 9.73 Å². The highest BCUT2D eigenvalue weighted by Crippen LogP contribution is 2.26. The van der Waals surface area contributed by atoms with E-state index < -0.39 is 15.4 Å². The third-order valence-corrected chi connectivity index (χ3v) is 7.79. The number of nitrogens with zero attached hydrogens (tertiary/aromatic N) is 3. The van der Waals surface area contributed by atoms with Crippen molar-refractivity contribution in [1.82, 2.24) is 20.1 Å². The average molecular weight is 447 g/mol. The summed E-state index contributed by atoms with van der Waals surface area (Å²) in [6.45, 7) is 2.21. The Labute approximate surface area is 179 Å². The highest BCUT2D eigenvalue weighted by Gasteiger charge is 2.39. The van der Waals surface area contributed by atoms with E-state index in [-0.39, 0.29) is 23.2 Å². The fraction of sp³-hybridized carbons (Fsp3) is 0.350. The number of amides is 1. The van der Waals surface area contributed by atoms with Gasteiger partial charge in [-0.1, -0.05) is 42.1 Å². The molecule has 0 aliphatic carbocycles. The van der Waals surface area contributed by atoms with Crippen LogP contribution in [0.15, 0.2) is 58.3 Å². The van der Waals surface area contributed by atoms with Crippen LogP contribution in [0.5, 0.6) is 0 Å². The van der Waals surface area contributed by atoms with Crippen molar-refractivity contribution in [2.24, 2.45) is 0 Å². The smallest absolute Gasteiger partial charge is 0.230 e. The molecule has 0 saturated carbocycles. The Kier molecular flexibility index (Phi) is 5.70. The average Bonchev–Trinajstić information content (AvgIpc) is 3.41. The maximum Gasteiger partial charge on any atom is 0.230 e. The van der Waals surface area contributed by atoms with Gasteiger partial charge in [0.05, 0.1) is 35.6 Å². The van der Waals surface area contributed by atoms with Crippen molar-refractivity contribution >= 4 is 27.5 Å². The van der Waals surface area contributed by atoms with Crippen molar-refractivity contribution in [2.45, 2.75) is 30.6 Å². The molecule has 158 valence electrons. The van der Waals surface area contributed by atoms with Crippen LogP contribution in [-0.2, 0) is 21.2 Å². The summed E-state index contributed by atoms with van der Waals surface area (Å²) in [5, 5.41) is 12.1. The molecule has 1 fully saturated rings. The second kappa shape index (κ2) is 8.27. The lowest BCUT2D eigenvalue weighted by atomic mass is 10.0. The van der Waals surface area contributed by atoms with Crippen molar-refractivity contribution in [3.8, 4) is 11.4 Å². The number of carbonyl (C=O) groups is 1.